The number of halogens is 3. The summed E-state index contributed by atoms with van der Waals surface area (Å²) in [5, 5.41) is 18.4. The first-order valence-electron chi connectivity index (χ1n) is 9.45. The fraction of sp³-hybridized carbons (Fsp3) is 0.182. The topological polar surface area (TPSA) is 125 Å². The maximum absolute atomic E-state index is 12.7. The van der Waals surface area contributed by atoms with Gasteiger partial charge >= 0.3 is 12.3 Å². The van der Waals surface area contributed by atoms with Gasteiger partial charge in [-0.25, -0.2) is 4.99 Å². The number of nitrogens with one attached hydrogen (secondary N) is 1. The molecule has 0 aliphatic heterocycles. The predicted octanol–water partition coefficient (Wildman–Crippen LogP) is 4.03. The lowest BCUT2D eigenvalue weighted by molar-refractivity contribution is -0.274. The molecule has 0 saturated carbocycles. The molecule has 0 heterocycles. The largest absolute Gasteiger partial charge is 0.573 e. The number of ether oxygens (including phenoxy) is 1. The monoisotopic (exact) mass is 496 g/mol. The van der Waals surface area contributed by atoms with Gasteiger partial charge in [0.05, 0.1) is 17.8 Å². The Hall–Kier alpha value is -3.98. The molecule has 0 radical (unpaired) electrons. The van der Waals surface area contributed by atoms with E-state index in [1.54, 1.807) is 0 Å². The number of aliphatic imine (C=N–C) groups is 1. The van der Waals surface area contributed by atoms with Crippen LogP contribution in [-0.4, -0.2) is 36.7 Å². The Labute approximate surface area is 193 Å². The summed E-state index contributed by atoms with van der Waals surface area (Å²) in [5.41, 5.74) is 0.314. The molecule has 0 bridgehead atoms. The number of phenolic OH excluding ortho intramolecular Hbond substituents is 1. The number of rotatable bonds is 7. The number of allylic oxidation sites excluding steroid dienone is 1. The second-order valence-electron chi connectivity index (χ2n) is 6.68. The third-order valence-corrected chi connectivity index (χ3v) is 5.28. The Balaban J connectivity index is 2.22. The Bertz CT molecular complexity index is 1310. The average Bonchev–Trinajstić information content (AvgIpc) is 2.71. The van der Waals surface area contributed by atoms with Crippen LogP contribution >= 0.6 is 0 Å². The van der Waals surface area contributed by atoms with Gasteiger partial charge < -0.3 is 14.9 Å². The van der Waals surface area contributed by atoms with Crippen LogP contribution in [0.25, 0.3) is 0 Å². The van der Waals surface area contributed by atoms with Crippen LogP contribution in [0, 0.1) is 11.8 Å². The molecule has 0 fully saturated rings. The molecular formula is C22H19F3N2O6S. The maximum atomic E-state index is 12.7. The number of benzene rings is 2. The summed E-state index contributed by atoms with van der Waals surface area (Å²) < 4.78 is 68.4. The standard InChI is InChI=1S/C22H19F3N2O6S/c1-3-20(34(31,32)27-18-10-9-16(12-19(18)28)13-21(29)30)26-14(2)7-8-15-5-4-6-17(11-15)33-22(23,24)25/h3-6,9-12,27-28H,13H2,1-2H3,(H,29,30)/b20-3+,26-14?. The molecule has 0 amide bonds. The normalized spacial score (nSPS) is 12.5. The number of alkyl halides is 3. The first kappa shape index (κ1) is 26.3. The fourth-order valence-corrected chi connectivity index (χ4v) is 3.69. The van der Waals surface area contributed by atoms with Crippen molar-refractivity contribution in [3.8, 4) is 23.3 Å². The number of sulfonamides is 1. The lowest BCUT2D eigenvalue weighted by Gasteiger charge is -2.11. The van der Waals surface area contributed by atoms with E-state index >= 15 is 0 Å². The van der Waals surface area contributed by atoms with Crippen molar-refractivity contribution in [1.82, 2.24) is 0 Å². The Morgan fingerprint density at radius 2 is 1.94 bits per heavy atom. The molecule has 12 heteroatoms. The van der Waals surface area contributed by atoms with Crippen LogP contribution in [0.15, 0.2) is 58.6 Å². The number of aliphatic carboxylic acids is 1. The number of hydrogen-bond acceptors (Lipinski definition) is 6. The highest BCUT2D eigenvalue weighted by molar-refractivity contribution is 7.96. The zero-order valence-corrected chi connectivity index (χ0v) is 18.7. The first-order valence-corrected chi connectivity index (χ1v) is 10.9. The van der Waals surface area contributed by atoms with Crippen molar-refractivity contribution < 1.29 is 41.3 Å². The van der Waals surface area contributed by atoms with E-state index < -0.39 is 38.9 Å². The van der Waals surface area contributed by atoms with Gasteiger partial charge in [0, 0.05) is 5.56 Å². The van der Waals surface area contributed by atoms with E-state index in [1.165, 1.54) is 44.2 Å². The van der Waals surface area contributed by atoms with Gasteiger partial charge in [-0.3, -0.25) is 9.52 Å². The molecule has 34 heavy (non-hydrogen) atoms. The van der Waals surface area contributed by atoms with Crippen molar-refractivity contribution >= 4 is 27.4 Å². The van der Waals surface area contributed by atoms with Crippen LogP contribution < -0.4 is 9.46 Å². The lowest BCUT2D eigenvalue weighted by Crippen LogP contribution is -2.17. The van der Waals surface area contributed by atoms with Crippen molar-refractivity contribution in [1.29, 1.82) is 0 Å². The van der Waals surface area contributed by atoms with E-state index in [-0.39, 0.29) is 28.9 Å². The fourth-order valence-electron chi connectivity index (χ4n) is 2.55. The number of anilines is 1. The predicted molar refractivity (Wildman–Crippen MR) is 119 cm³/mol. The van der Waals surface area contributed by atoms with Crippen LogP contribution in [-0.2, 0) is 21.2 Å². The van der Waals surface area contributed by atoms with Crippen LogP contribution in [0.3, 0.4) is 0 Å². The highest BCUT2D eigenvalue weighted by Gasteiger charge is 2.31. The minimum atomic E-state index is -4.85. The lowest BCUT2D eigenvalue weighted by atomic mass is 10.1. The maximum Gasteiger partial charge on any atom is 0.573 e. The average molecular weight is 496 g/mol. The summed E-state index contributed by atoms with van der Waals surface area (Å²) in [5.74, 6) is 3.08. The van der Waals surface area contributed by atoms with Crippen LogP contribution in [0.2, 0.25) is 0 Å². The van der Waals surface area contributed by atoms with E-state index in [2.05, 4.69) is 26.3 Å². The Morgan fingerprint density at radius 3 is 2.53 bits per heavy atom. The van der Waals surface area contributed by atoms with Gasteiger partial charge in [0.25, 0.3) is 10.0 Å². The molecule has 0 aliphatic rings. The summed E-state index contributed by atoms with van der Waals surface area (Å²) in [6, 6.07) is 8.62. The molecule has 0 aromatic heterocycles. The van der Waals surface area contributed by atoms with Crippen molar-refractivity contribution in [3.63, 3.8) is 0 Å². The number of carboxylic acids is 1. The second-order valence-corrected chi connectivity index (χ2v) is 8.31. The minimum Gasteiger partial charge on any atom is -0.506 e. The van der Waals surface area contributed by atoms with Gasteiger partial charge in [0.1, 0.15) is 11.5 Å². The van der Waals surface area contributed by atoms with E-state index in [1.807, 2.05) is 0 Å². The van der Waals surface area contributed by atoms with E-state index in [0.717, 1.165) is 18.2 Å². The van der Waals surface area contributed by atoms with E-state index in [9.17, 15) is 31.5 Å². The van der Waals surface area contributed by atoms with Crippen LogP contribution in [0.1, 0.15) is 25.0 Å². The van der Waals surface area contributed by atoms with Gasteiger partial charge in [-0.1, -0.05) is 18.1 Å². The summed E-state index contributed by atoms with van der Waals surface area (Å²) in [4.78, 5) is 14.7. The van der Waals surface area contributed by atoms with Crippen LogP contribution in [0.5, 0.6) is 11.5 Å². The smallest absolute Gasteiger partial charge is 0.506 e. The van der Waals surface area contributed by atoms with E-state index in [4.69, 9.17) is 5.11 Å². The number of aromatic hydroxyl groups is 1. The molecule has 2 aromatic rings. The second kappa shape index (κ2) is 10.8. The molecular weight excluding hydrogens is 477 g/mol. The molecule has 3 N–H and O–H groups in total. The molecule has 0 saturated heterocycles. The quantitative estimate of drug-likeness (QED) is 0.302. The van der Waals surface area contributed by atoms with Gasteiger partial charge in [-0.15, -0.1) is 13.2 Å². The molecule has 8 nitrogen and oxygen atoms in total. The number of carboxylic acid groups (broad SMARTS) is 1. The van der Waals surface area contributed by atoms with Gasteiger partial charge in [0.2, 0.25) is 0 Å². The molecule has 0 atom stereocenters. The third-order valence-electron chi connectivity index (χ3n) is 3.92. The molecule has 0 spiro atoms. The molecule has 2 aromatic carbocycles. The van der Waals surface area contributed by atoms with Crippen molar-refractivity contribution in [2.75, 3.05) is 4.72 Å². The molecule has 0 aliphatic carbocycles. The van der Waals surface area contributed by atoms with Crippen LogP contribution in [0.4, 0.5) is 18.9 Å². The highest BCUT2D eigenvalue weighted by Crippen LogP contribution is 2.27. The zero-order valence-electron chi connectivity index (χ0n) is 17.8. The third kappa shape index (κ3) is 8.18. The SMILES string of the molecule is C/C=C(\N=C(C)C#Cc1cccc(OC(F)(F)F)c1)S(=O)(=O)Nc1ccc(CC(=O)O)cc1O. The Morgan fingerprint density at radius 1 is 1.24 bits per heavy atom. The first-order chi connectivity index (χ1) is 15.8. The number of phenols is 1. The van der Waals surface area contributed by atoms with Crippen molar-refractivity contribution in [2.45, 2.75) is 26.6 Å². The van der Waals surface area contributed by atoms with Crippen molar-refractivity contribution in [3.05, 3.63) is 64.7 Å². The summed E-state index contributed by atoms with van der Waals surface area (Å²) >= 11 is 0. The summed E-state index contributed by atoms with van der Waals surface area (Å²) in [6.45, 7) is 2.81. The van der Waals surface area contributed by atoms with Crippen molar-refractivity contribution in [2.24, 2.45) is 4.99 Å². The number of nitrogens with zero attached hydrogens (tertiary/aromatic N) is 1. The molecule has 2 rings (SSSR count). The number of carbonyl (C=O) groups is 1. The van der Waals surface area contributed by atoms with Gasteiger partial charge in [-0.05, 0) is 61.7 Å². The highest BCUT2D eigenvalue weighted by atomic mass is 32.2. The summed E-state index contributed by atoms with van der Waals surface area (Å²) in [7, 11) is -4.25. The zero-order chi connectivity index (χ0) is 25.5. The minimum absolute atomic E-state index is 0.0432. The molecule has 180 valence electrons. The van der Waals surface area contributed by atoms with Gasteiger partial charge in [-0.2, -0.15) is 8.42 Å². The van der Waals surface area contributed by atoms with Gasteiger partial charge in [0.15, 0.2) is 5.03 Å². The van der Waals surface area contributed by atoms with E-state index in [0.29, 0.717) is 0 Å². The molecule has 0 unspecified atom stereocenters. The summed E-state index contributed by atoms with van der Waals surface area (Å²) in [6.07, 6.45) is -4.02. The number of hydrogen-bond donors (Lipinski definition) is 3. The Kier molecular flexibility index (Phi) is 8.31.